The van der Waals surface area contributed by atoms with E-state index in [0.29, 0.717) is 23.9 Å². The SMILES string of the molecule is COc1ccc2nc(N(CCn3cccn3)C(=O)c3ccnn3C)sc2c1. The van der Waals surface area contributed by atoms with Crippen molar-refractivity contribution in [1.82, 2.24) is 24.5 Å². The number of aryl methyl sites for hydroxylation is 1. The molecule has 3 heterocycles. The zero-order valence-corrected chi connectivity index (χ0v) is 15.8. The van der Waals surface area contributed by atoms with Crippen molar-refractivity contribution in [3.05, 3.63) is 54.6 Å². The first-order valence-corrected chi connectivity index (χ1v) is 9.19. The maximum absolute atomic E-state index is 13.2. The lowest BCUT2D eigenvalue weighted by molar-refractivity contribution is 0.0976. The quantitative estimate of drug-likeness (QED) is 0.512. The molecular formula is C18H18N6O2S. The van der Waals surface area contributed by atoms with E-state index in [1.165, 1.54) is 11.3 Å². The molecule has 0 bridgehead atoms. The second kappa shape index (κ2) is 7.20. The summed E-state index contributed by atoms with van der Waals surface area (Å²) in [6, 6.07) is 9.25. The van der Waals surface area contributed by atoms with E-state index in [9.17, 15) is 4.79 Å². The van der Waals surface area contributed by atoms with Crippen molar-refractivity contribution in [2.24, 2.45) is 7.05 Å². The Hall–Kier alpha value is -3.20. The molecule has 27 heavy (non-hydrogen) atoms. The summed E-state index contributed by atoms with van der Waals surface area (Å²) in [5.74, 6) is 0.618. The highest BCUT2D eigenvalue weighted by molar-refractivity contribution is 7.22. The molecule has 0 spiro atoms. The van der Waals surface area contributed by atoms with Crippen LogP contribution in [0.5, 0.6) is 5.75 Å². The third kappa shape index (κ3) is 3.41. The van der Waals surface area contributed by atoms with Crippen molar-refractivity contribution >= 4 is 32.6 Å². The minimum atomic E-state index is -0.145. The Morgan fingerprint density at radius 1 is 1.26 bits per heavy atom. The van der Waals surface area contributed by atoms with E-state index in [1.807, 2.05) is 30.5 Å². The van der Waals surface area contributed by atoms with Crippen LogP contribution in [-0.4, -0.2) is 44.1 Å². The van der Waals surface area contributed by atoms with Crippen LogP contribution < -0.4 is 9.64 Å². The molecule has 9 heteroatoms. The predicted molar refractivity (Wildman–Crippen MR) is 103 cm³/mol. The van der Waals surface area contributed by atoms with E-state index in [0.717, 1.165) is 16.0 Å². The number of hydrogen-bond acceptors (Lipinski definition) is 6. The number of carbonyl (C=O) groups is 1. The molecule has 0 unspecified atom stereocenters. The van der Waals surface area contributed by atoms with Crippen LogP contribution in [-0.2, 0) is 13.6 Å². The molecule has 0 atom stereocenters. The largest absolute Gasteiger partial charge is 0.497 e. The summed E-state index contributed by atoms with van der Waals surface area (Å²) in [6.07, 6.45) is 5.20. The number of anilines is 1. The van der Waals surface area contributed by atoms with E-state index in [4.69, 9.17) is 4.74 Å². The molecule has 1 amide bonds. The fourth-order valence-electron chi connectivity index (χ4n) is 2.78. The number of nitrogens with zero attached hydrogens (tertiary/aromatic N) is 6. The maximum atomic E-state index is 13.2. The fourth-order valence-corrected chi connectivity index (χ4v) is 3.79. The van der Waals surface area contributed by atoms with Crippen LogP contribution in [0, 0.1) is 0 Å². The van der Waals surface area contributed by atoms with E-state index in [-0.39, 0.29) is 5.91 Å². The third-order valence-electron chi connectivity index (χ3n) is 4.21. The molecule has 3 aromatic heterocycles. The lowest BCUT2D eigenvalue weighted by Gasteiger charge is -2.19. The van der Waals surface area contributed by atoms with E-state index in [2.05, 4.69) is 15.2 Å². The Labute approximate surface area is 159 Å². The molecular weight excluding hydrogens is 364 g/mol. The van der Waals surface area contributed by atoms with Gasteiger partial charge in [-0.2, -0.15) is 10.2 Å². The minimum absolute atomic E-state index is 0.145. The molecule has 0 radical (unpaired) electrons. The fraction of sp³-hybridized carbons (Fsp3) is 0.222. The highest BCUT2D eigenvalue weighted by atomic mass is 32.1. The monoisotopic (exact) mass is 382 g/mol. The van der Waals surface area contributed by atoms with Crippen molar-refractivity contribution < 1.29 is 9.53 Å². The van der Waals surface area contributed by atoms with Gasteiger partial charge in [-0.3, -0.25) is 19.1 Å². The second-order valence-electron chi connectivity index (χ2n) is 5.90. The first kappa shape index (κ1) is 17.2. The van der Waals surface area contributed by atoms with Gasteiger partial charge in [-0.25, -0.2) is 4.98 Å². The van der Waals surface area contributed by atoms with Crippen molar-refractivity contribution in [2.75, 3.05) is 18.6 Å². The Balaban J connectivity index is 1.70. The van der Waals surface area contributed by atoms with Gasteiger partial charge in [0.05, 0.1) is 23.9 Å². The van der Waals surface area contributed by atoms with Crippen LogP contribution in [0.2, 0.25) is 0 Å². The first-order chi connectivity index (χ1) is 13.2. The summed E-state index contributed by atoms with van der Waals surface area (Å²) < 4.78 is 9.61. The highest BCUT2D eigenvalue weighted by Gasteiger charge is 2.23. The van der Waals surface area contributed by atoms with Crippen LogP contribution in [0.1, 0.15) is 10.5 Å². The predicted octanol–water partition coefficient (Wildman–Crippen LogP) is 2.58. The van der Waals surface area contributed by atoms with Gasteiger partial charge in [0.1, 0.15) is 11.4 Å². The lowest BCUT2D eigenvalue weighted by atomic mass is 10.3. The number of methoxy groups -OCH3 is 1. The zero-order valence-electron chi connectivity index (χ0n) is 14.9. The molecule has 4 aromatic rings. The average Bonchev–Trinajstić information content (AvgIpc) is 3.41. The van der Waals surface area contributed by atoms with Gasteiger partial charge in [-0.05, 0) is 30.3 Å². The number of benzene rings is 1. The highest BCUT2D eigenvalue weighted by Crippen LogP contribution is 2.32. The third-order valence-corrected chi connectivity index (χ3v) is 5.25. The molecule has 138 valence electrons. The topological polar surface area (TPSA) is 78.1 Å². The lowest BCUT2D eigenvalue weighted by Crippen LogP contribution is -2.35. The van der Waals surface area contributed by atoms with E-state index < -0.39 is 0 Å². The van der Waals surface area contributed by atoms with Gasteiger partial charge in [-0.1, -0.05) is 11.3 Å². The van der Waals surface area contributed by atoms with Gasteiger partial charge in [0.15, 0.2) is 5.13 Å². The van der Waals surface area contributed by atoms with Crippen LogP contribution in [0.25, 0.3) is 10.2 Å². The Kier molecular flexibility index (Phi) is 4.59. The number of fused-ring (bicyclic) bond motifs is 1. The molecule has 0 aliphatic heterocycles. The van der Waals surface area contributed by atoms with Crippen LogP contribution in [0.15, 0.2) is 48.9 Å². The smallest absolute Gasteiger partial charge is 0.278 e. The van der Waals surface area contributed by atoms with Crippen LogP contribution >= 0.6 is 11.3 Å². The number of amides is 1. The van der Waals surface area contributed by atoms with Crippen molar-refractivity contribution in [2.45, 2.75) is 6.54 Å². The van der Waals surface area contributed by atoms with Crippen molar-refractivity contribution in [1.29, 1.82) is 0 Å². The molecule has 1 aromatic carbocycles. The number of carbonyl (C=O) groups excluding carboxylic acids is 1. The Morgan fingerprint density at radius 2 is 2.15 bits per heavy atom. The number of thiazole rings is 1. The summed E-state index contributed by atoms with van der Waals surface area (Å²) in [4.78, 5) is 19.5. The van der Waals surface area contributed by atoms with E-state index in [1.54, 1.807) is 46.9 Å². The van der Waals surface area contributed by atoms with Gasteiger partial charge in [-0.15, -0.1) is 0 Å². The summed E-state index contributed by atoms with van der Waals surface area (Å²) in [6.45, 7) is 1.01. The number of ether oxygens (including phenoxy) is 1. The molecule has 4 rings (SSSR count). The standard InChI is InChI=1S/C18H18N6O2S/c1-22-15(6-8-19-22)17(25)24(11-10-23-9-3-7-20-23)18-21-14-5-4-13(26-2)12-16(14)27-18/h3-9,12H,10-11H2,1-2H3. The molecule has 0 fully saturated rings. The summed E-state index contributed by atoms with van der Waals surface area (Å²) in [5.41, 5.74) is 1.34. The molecule has 0 aliphatic rings. The Bertz CT molecular complexity index is 1070. The number of aromatic nitrogens is 5. The van der Waals surface area contributed by atoms with Gasteiger partial charge in [0, 0.05) is 32.2 Å². The van der Waals surface area contributed by atoms with Gasteiger partial charge in [0.2, 0.25) is 0 Å². The minimum Gasteiger partial charge on any atom is -0.497 e. The molecule has 0 saturated heterocycles. The zero-order chi connectivity index (χ0) is 18.8. The molecule has 8 nitrogen and oxygen atoms in total. The Morgan fingerprint density at radius 3 is 2.85 bits per heavy atom. The van der Waals surface area contributed by atoms with Gasteiger partial charge >= 0.3 is 0 Å². The number of rotatable bonds is 6. The van der Waals surface area contributed by atoms with Crippen molar-refractivity contribution in [3.63, 3.8) is 0 Å². The summed E-state index contributed by atoms with van der Waals surface area (Å²) in [7, 11) is 3.38. The summed E-state index contributed by atoms with van der Waals surface area (Å²) in [5, 5.41) is 8.96. The van der Waals surface area contributed by atoms with Gasteiger partial charge in [0.25, 0.3) is 5.91 Å². The average molecular weight is 382 g/mol. The second-order valence-corrected chi connectivity index (χ2v) is 6.91. The summed E-state index contributed by atoms with van der Waals surface area (Å²) >= 11 is 1.46. The molecule has 0 aliphatic carbocycles. The maximum Gasteiger partial charge on any atom is 0.278 e. The molecule has 0 saturated carbocycles. The van der Waals surface area contributed by atoms with Crippen LogP contribution in [0.4, 0.5) is 5.13 Å². The van der Waals surface area contributed by atoms with Crippen LogP contribution in [0.3, 0.4) is 0 Å². The van der Waals surface area contributed by atoms with E-state index >= 15 is 0 Å². The first-order valence-electron chi connectivity index (χ1n) is 8.37. The normalized spacial score (nSPS) is 11.0. The number of hydrogen-bond donors (Lipinski definition) is 0. The van der Waals surface area contributed by atoms with Gasteiger partial charge < -0.3 is 4.74 Å². The molecule has 0 N–H and O–H groups in total. The van der Waals surface area contributed by atoms with Crippen molar-refractivity contribution in [3.8, 4) is 5.75 Å².